The summed E-state index contributed by atoms with van der Waals surface area (Å²) < 4.78 is 0. The van der Waals surface area contributed by atoms with Gasteiger partial charge in [-0.2, -0.15) is 0 Å². The summed E-state index contributed by atoms with van der Waals surface area (Å²) >= 11 is 0. The lowest BCUT2D eigenvalue weighted by Crippen LogP contribution is -1.99. The zero-order chi connectivity index (χ0) is 9.84. The van der Waals surface area contributed by atoms with Crippen LogP contribution in [0.5, 0.6) is 0 Å². The van der Waals surface area contributed by atoms with Crippen molar-refractivity contribution in [2.24, 2.45) is 0 Å². The molecule has 0 nitrogen and oxygen atoms in total. The number of hydrogen-bond donors (Lipinski definition) is 0. The fraction of sp³-hybridized carbons (Fsp3) is 0.538. The molecule has 0 amide bonds. The molecule has 0 fully saturated rings. The van der Waals surface area contributed by atoms with Crippen LogP contribution < -0.4 is 0 Å². The van der Waals surface area contributed by atoms with Crippen LogP contribution in [0.3, 0.4) is 0 Å². The van der Waals surface area contributed by atoms with Crippen molar-refractivity contribution in [2.75, 3.05) is 0 Å². The Balaban J connectivity index is 2.98. The molecule has 0 unspecified atom stereocenters. The lowest BCUT2D eigenvalue weighted by Gasteiger charge is -2.19. The van der Waals surface area contributed by atoms with Crippen molar-refractivity contribution in [2.45, 2.75) is 46.5 Å². The Hall–Kier alpha value is -0.780. The lowest BCUT2D eigenvalue weighted by molar-refractivity contribution is 0.811. The van der Waals surface area contributed by atoms with Gasteiger partial charge in [-0.05, 0) is 38.2 Å². The van der Waals surface area contributed by atoms with Crippen LogP contribution >= 0.6 is 0 Å². The van der Waals surface area contributed by atoms with E-state index in [0.717, 1.165) is 0 Å². The van der Waals surface area contributed by atoms with Gasteiger partial charge in [0.25, 0.3) is 0 Å². The SMILES string of the molecule is C=C(C)C1=C(CC)CCC(CC)=C1. The average Bonchev–Trinajstić information content (AvgIpc) is 2.16. The predicted octanol–water partition coefficient (Wildman–Crippen LogP) is 4.40. The maximum atomic E-state index is 4.04. The Labute approximate surface area is 82.0 Å². The van der Waals surface area contributed by atoms with Gasteiger partial charge in [0.05, 0.1) is 0 Å². The largest absolute Gasteiger partial charge is 0.0955 e. The standard InChI is InChI=1S/C13H20/c1-5-11-7-8-12(6-2)13(9-11)10(3)4/h9H,3,5-8H2,1-2,4H3. The molecule has 0 radical (unpaired) electrons. The summed E-state index contributed by atoms with van der Waals surface area (Å²) in [6, 6.07) is 0. The van der Waals surface area contributed by atoms with E-state index in [4.69, 9.17) is 0 Å². The van der Waals surface area contributed by atoms with Gasteiger partial charge in [-0.1, -0.05) is 43.2 Å². The lowest BCUT2D eigenvalue weighted by atomic mass is 9.87. The first-order valence-electron chi connectivity index (χ1n) is 5.26. The fourth-order valence-electron chi connectivity index (χ4n) is 1.90. The molecule has 0 aliphatic heterocycles. The van der Waals surface area contributed by atoms with E-state index in [2.05, 4.69) is 33.4 Å². The second-order valence-corrected chi connectivity index (χ2v) is 3.81. The molecule has 13 heavy (non-hydrogen) atoms. The predicted molar refractivity (Wildman–Crippen MR) is 59.7 cm³/mol. The van der Waals surface area contributed by atoms with E-state index < -0.39 is 0 Å². The van der Waals surface area contributed by atoms with Crippen LogP contribution in [0, 0.1) is 0 Å². The highest BCUT2D eigenvalue weighted by atomic mass is 14.2. The third kappa shape index (κ3) is 2.33. The minimum Gasteiger partial charge on any atom is -0.0955 e. The van der Waals surface area contributed by atoms with Crippen molar-refractivity contribution >= 4 is 0 Å². The molecule has 1 rings (SSSR count). The fourth-order valence-corrected chi connectivity index (χ4v) is 1.90. The van der Waals surface area contributed by atoms with Gasteiger partial charge in [-0.3, -0.25) is 0 Å². The summed E-state index contributed by atoms with van der Waals surface area (Å²) in [6.07, 6.45) is 7.23. The van der Waals surface area contributed by atoms with Gasteiger partial charge in [-0.15, -0.1) is 0 Å². The molecule has 0 atom stereocenters. The molecule has 0 aromatic heterocycles. The monoisotopic (exact) mass is 176 g/mol. The minimum absolute atomic E-state index is 1.18. The second-order valence-electron chi connectivity index (χ2n) is 3.81. The van der Waals surface area contributed by atoms with E-state index >= 15 is 0 Å². The summed E-state index contributed by atoms with van der Waals surface area (Å²) in [5.41, 5.74) is 5.81. The second kappa shape index (κ2) is 4.45. The molecule has 0 saturated heterocycles. The Kier molecular flexibility index (Phi) is 3.53. The normalized spacial score (nSPS) is 17.3. The van der Waals surface area contributed by atoms with Crippen LogP contribution in [0.2, 0.25) is 0 Å². The Morgan fingerprint density at radius 3 is 2.46 bits per heavy atom. The van der Waals surface area contributed by atoms with Gasteiger partial charge < -0.3 is 0 Å². The third-order valence-electron chi connectivity index (χ3n) is 2.82. The maximum Gasteiger partial charge on any atom is -0.0242 e. The first kappa shape index (κ1) is 10.3. The Bertz CT molecular complexity index is 264. The average molecular weight is 176 g/mol. The van der Waals surface area contributed by atoms with Gasteiger partial charge in [0, 0.05) is 0 Å². The molecule has 1 aliphatic carbocycles. The van der Waals surface area contributed by atoms with Crippen molar-refractivity contribution in [3.05, 3.63) is 34.9 Å². The van der Waals surface area contributed by atoms with Gasteiger partial charge in [-0.25, -0.2) is 0 Å². The molecular formula is C13H20. The molecule has 0 spiro atoms. The van der Waals surface area contributed by atoms with Crippen molar-refractivity contribution in [1.82, 2.24) is 0 Å². The van der Waals surface area contributed by atoms with Crippen LogP contribution in [0.25, 0.3) is 0 Å². The quantitative estimate of drug-likeness (QED) is 0.598. The maximum absolute atomic E-state index is 4.04. The van der Waals surface area contributed by atoms with E-state index in [1.54, 1.807) is 11.1 Å². The summed E-state index contributed by atoms with van der Waals surface area (Å²) in [4.78, 5) is 0. The molecule has 0 heterocycles. The molecule has 1 aliphatic rings. The Morgan fingerprint density at radius 2 is 2.00 bits per heavy atom. The third-order valence-corrected chi connectivity index (χ3v) is 2.82. The van der Waals surface area contributed by atoms with Crippen molar-refractivity contribution < 1.29 is 0 Å². The molecule has 0 N–H and O–H groups in total. The van der Waals surface area contributed by atoms with Gasteiger partial charge >= 0.3 is 0 Å². The topological polar surface area (TPSA) is 0 Å². The van der Waals surface area contributed by atoms with Crippen LogP contribution in [0.1, 0.15) is 46.5 Å². The molecule has 0 bridgehead atoms. The zero-order valence-electron chi connectivity index (χ0n) is 9.11. The molecule has 0 aromatic carbocycles. The molecular weight excluding hydrogens is 156 g/mol. The molecule has 0 saturated carbocycles. The van der Waals surface area contributed by atoms with Gasteiger partial charge in [0.2, 0.25) is 0 Å². The first-order chi connectivity index (χ1) is 6.19. The number of allylic oxidation sites excluding steroid dienone is 5. The number of rotatable bonds is 3. The van der Waals surface area contributed by atoms with E-state index in [-0.39, 0.29) is 0 Å². The van der Waals surface area contributed by atoms with Crippen LogP contribution in [-0.4, -0.2) is 0 Å². The summed E-state index contributed by atoms with van der Waals surface area (Å²) in [6.45, 7) is 10.6. The smallest absolute Gasteiger partial charge is 0.0242 e. The summed E-state index contributed by atoms with van der Waals surface area (Å²) in [5.74, 6) is 0. The molecule has 0 aromatic rings. The van der Waals surface area contributed by atoms with E-state index in [9.17, 15) is 0 Å². The van der Waals surface area contributed by atoms with E-state index in [0.29, 0.717) is 0 Å². The highest BCUT2D eigenvalue weighted by molar-refractivity contribution is 5.45. The summed E-state index contributed by atoms with van der Waals surface area (Å²) in [7, 11) is 0. The van der Waals surface area contributed by atoms with Gasteiger partial charge in [0.15, 0.2) is 0 Å². The van der Waals surface area contributed by atoms with Crippen molar-refractivity contribution in [1.29, 1.82) is 0 Å². The highest BCUT2D eigenvalue weighted by Gasteiger charge is 2.11. The Morgan fingerprint density at radius 1 is 1.31 bits per heavy atom. The van der Waals surface area contributed by atoms with Crippen molar-refractivity contribution in [3.8, 4) is 0 Å². The molecule has 0 heteroatoms. The van der Waals surface area contributed by atoms with E-state index in [1.807, 2.05) is 0 Å². The summed E-state index contributed by atoms with van der Waals surface area (Å²) in [5, 5.41) is 0. The van der Waals surface area contributed by atoms with Crippen LogP contribution in [0.4, 0.5) is 0 Å². The van der Waals surface area contributed by atoms with Crippen molar-refractivity contribution in [3.63, 3.8) is 0 Å². The van der Waals surface area contributed by atoms with Crippen LogP contribution in [-0.2, 0) is 0 Å². The zero-order valence-corrected chi connectivity index (χ0v) is 9.11. The minimum atomic E-state index is 1.18. The highest BCUT2D eigenvalue weighted by Crippen LogP contribution is 2.30. The first-order valence-corrected chi connectivity index (χ1v) is 5.26. The van der Waals surface area contributed by atoms with E-state index in [1.165, 1.54) is 36.8 Å². The number of hydrogen-bond acceptors (Lipinski definition) is 0. The molecule has 72 valence electrons. The van der Waals surface area contributed by atoms with Crippen LogP contribution in [0.15, 0.2) is 34.9 Å². The van der Waals surface area contributed by atoms with Gasteiger partial charge in [0.1, 0.15) is 0 Å².